The SMILES string of the molecule is Cc1ccc(C(=O)C2=CCCCO2)c(Br)c1. The second kappa shape index (κ2) is 4.83. The van der Waals surface area contributed by atoms with E-state index < -0.39 is 0 Å². The summed E-state index contributed by atoms with van der Waals surface area (Å²) < 4.78 is 6.20. The lowest BCUT2D eigenvalue weighted by Gasteiger charge is -2.14. The molecular formula is C13H13BrO2. The second-order valence-corrected chi connectivity index (χ2v) is 4.73. The summed E-state index contributed by atoms with van der Waals surface area (Å²) >= 11 is 3.41. The number of carbonyl (C=O) groups excluding carboxylic acids is 1. The molecule has 2 rings (SSSR count). The summed E-state index contributed by atoms with van der Waals surface area (Å²) in [6, 6.07) is 5.71. The average molecular weight is 281 g/mol. The zero-order valence-electron chi connectivity index (χ0n) is 9.13. The Labute approximate surface area is 103 Å². The van der Waals surface area contributed by atoms with Gasteiger partial charge in [0.15, 0.2) is 5.76 Å². The molecule has 1 aliphatic rings. The van der Waals surface area contributed by atoms with Gasteiger partial charge >= 0.3 is 0 Å². The van der Waals surface area contributed by atoms with Gasteiger partial charge in [0.25, 0.3) is 0 Å². The fourth-order valence-electron chi connectivity index (χ4n) is 1.65. The van der Waals surface area contributed by atoms with Gasteiger partial charge in [0, 0.05) is 10.0 Å². The van der Waals surface area contributed by atoms with E-state index >= 15 is 0 Å². The standard InChI is InChI=1S/C13H13BrO2/c1-9-5-6-10(11(14)8-9)13(15)12-4-2-3-7-16-12/h4-6,8H,2-3,7H2,1H3. The highest BCUT2D eigenvalue weighted by Crippen LogP contribution is 2.23. The van der Waals surface area contributed by atoms with Crippen LogP contribution in [0.5, 0.6) is 0 Å². The third kappa shape index (κ3) is 2.35. The quantitative estimate of drug-likeness (QED) is 0.774. The molecule has 84 valence electrons. The second-order valence-electron chi connectivity index (χ2n) is 3.87. The van der Waals surface area contributed by atoms with E-state index in [4.69, 9.17) is 4.74 Å². The van der Waals surface area contributed by atoms with Gasteiger partial charge in [0.1, 0.15) is 0 Å². The van der Waals surface area contributed by atoms with Crippen LogP contribution in [-0.2, 0) is 4.74 Å². The van der Waals surface area contributed by atoms with Crippen LogP contribution in [0.2, 0.25) is 0 Å². The van der Waals surface area contributed by atoms with Crippen LogP contribution in [0.15, 0.2) is 34.5 Å². The van der Waals surface area contributed by atoms with Crippen LogP contribution in [0.4, 0.5) is 0 Å². The van der Waals surface area contributed by atoms with Crippen molar-refractivity contribution in [2.75, 3.05) is 6.61 Å². The Balaban J connectivity index is 2.30. The molecule has 0 saturated heterocycles. The number of hydrogen-bond donors (Lipinski definition) is 0. The normalized spacial score (nSPS) is 15.2. The van der Waals surface area contributed by atoms with Crippen LogP contribution in [0.25, 0.3) is 0 Å². The molecule has 16 heavy (non-hydrogen) atoms. The number of aryl methyl sites for hydroxylation is 1. The molecule has 1 heterocycles. The molecule has 0 aliphatic carbocycles. The minimum Gasteiger partial charge on any atom is -0.490 e. The topological polar surface area (TPSA) is 26.3 Å². The van der Waals surface area contributed by atoms with Crippen LogP contribution >= 0.6 is 15.9 Å². The molecule has 0 bridgehead atoms. The van der Waals surface area contributed by atoms with Crippen LogP contribution in [0.3, 0.4) is 0 Å². The van der Waals surface area contributed by atoms with E-state index in [-0.39, 0.29) is 5.78 Å². The number of rotatable bonds is 2. The first kappa shape index (κ1) is 11.4. The van der Waals surface area contributed by atoms with Gasteiger partial charge < -0.3 is 4.74 Å². The lowest BCUT2D eigenvalue weighted by atomic mass is 10.1. The number of allylic oxidation sites excluding steroid dienone is 2. The lowest BCUT2D eigenvalue weighted by molar-refractivity contribution is 0.0898. The molecule has 0 unspecified atom stereocenters. The zero-order valence-corrected chi connectivity index (χ0v) is 10.7. The molecule has 0 aromatic heterocycles. The van der Waals surface area contributed by atoms with E-state index in [1.165, 1.54) is 0 Å². The van der Waals surface area contributed by atoms with Crippen LogP contribution in [0.1, 0.15) is 28.8 Å². The molecule has 0 radical (unpaired) electrons. The van der Waals surface area contributed by atoms with Crippen molar-refractivity contribution in [1.29, 1.82) is 0 Å². The van der Waals surface area contributed by atoms with Crippen molar-refractivity contribution in [2.24, 2.45) is 0 Å². The first-order valence-electron chi connectivity index (χ1n) is 5.32. The van der Waals surface area contributed by atoms with Crippen molar-refractivity contribution in [3.05, 3.63) is 45.6 Å². The first-order chi connectivity index (χ1) is 7.68. The molecule has 0 spiro atoms. The Hall–Kier alpha value is -1.09. The summed E-state index contributed by atoms with van der Waals surface area (Å²) in [7, 11) is 0. The summed E-state index contributed by atoms with van der Waals surface area (Å²) in [5, 5.41) is 0. The molecule has 1 aliphatic heterocycles. The molecule has 1 aromatic carbocycles. The summed E-state index contributed by atoms with van der Waals surface area (Å²) in [6.07, 6.45) is 3.79. The molecule has 0 amide bonds. The molecule has 0 fully saturated rings. The number of carbonyl (C=O) groups is 1. The van der Waals surface area contributed by atoms with Gasteiger partial charge in [-0.05, 0) is 43.5 Å². The molecule has 3 heteroatoms. The summed E-state index contributed by atoms with van der Waals surface area (Å²) in [4.78, 5) is 12.1. The Morgan fingerprint density at radius 1 is 1.44 bits per heavy atom. The minimum absolute atomic E-state index is 0.0356. The molecule has 0 atom stereocenters. The van der Waals surface area contributed by atoms with E-state index in [1.807, 2.05) is 31.2 Å². The summed E-state index contributed by atoms with van der Waals surface area (Å²) in [5.74, 6) is 0.447. The van der Waals surface area contributed by atoms with E-state index in [1.54, 1.807) is 0 Å². The fourth-order valence-corrected chi connectivity index (χ4v) is 2.33. The monoisotopic (exact) mass is 280 g/mol. The van der Waals surface area contributed by atoms with E-state index in [9.17, 15) is 4.79 Å². The maximum Gasteiger partial charge on any atom is 0.228 e. The van der Waals surface area contributed by atoms with Gasteiger partial charge in [-0.15, -0.1) is 0 Å². The summed E-state index contributed by atoms with van der Waals surface area (Å²) in [6.45, 7) is 2.64. The molecule has 0 saturated carbocycles. The van der Waals surface area contributed by atoms with Gasteiger partial charge in [0.05, 0.1) is 6.61 Å². The zero-order chi connectivity index (χ0) is 11.5. The Morgan fingerprint density at radius 2 is 2.25 bits per heavy atom. The van der Waals surface area contributed by atoms with E-state index in [0.717, 1.165) is 22.9 Å². The average Bonchev–Trinajstić information content (AvgIpc) is 2.29. The number of hydrogen-bond acceptors (Lipinski definition) is 2. The predicted molar refractivity (Wildman–Crippen MR) is 66.5 cm³/mol. The first-order valence-corrected chi connectivity index (χ1v) is 6.11. The van der Waals surface area contributed by atoms with E-state index in [2.05, 4.69) is 15.9 Å². The number of ketones is 1. The van der Waals surface area contributed by atoms with Crippen molar-refractivity contribution in [1.82, 2.24) is 0 Å². The molecular weight excluding hydrogens is 268 g/mol. The highest BCUT2D eigenvalue weighted by atomic mass is 79.9. The maximum atomic E-state index is 12.1. The Bertz CT molecular complexity index is 449. The molecule has 2 nitrogen and oxygen atoms in total. The van der Waals surface area contributed by atoms with Gasteiger partial charge in [-0.25, -0.2) is 0 Å². The van der Waals surface area contributed by atoms with Crippen molar-refractivity contribution in [2.45, 2.75) is 19.8 Å². The summed E-state index contributed by atoms with van der Waals surface area (Å²) in [5.41, 5.74) is 1.79. The van der Waals surface area contributed by atoms with Crippen molar-refractivity contribution < 1.29 is 9.53 Å². The third-order valence-electron chi connectivity index (χ3n) is 2.53. The number of Topliss-reactive ketones (excluding diaryl/α,β-unsaturated/α-hetero) is 1. The largest absolute Gasteiger partial charge is 0.490 e. The highest BCUT2D eigenvalue weighted by Gasteiger charge is 2.18. The van der Waals surface area contributed by atoms with E-state index in [0.29, 0.717) is 17.9 Å². The smallest absolute Gasteiger partial charge is 0.228 e. The molecule has 1 aromatic rings. The van der Waals surface area contributed by atoms with Crippen LogP contribution in [0, 0.1) is 6.92 Å². The van der Waals surface area contributed by atoms with Gasteiger partial charge in [-0.3, -0.25) is 4.79 Å². The molecule has 0 N–H and O–H groups in total. The third-order valence-corrected chi connectivity index (χ3v) is 3.18. The Kier molecular flexibility index (Phi) is 3.44. The lowest BCUT2D eigenvalue weighted by Crippen LogP contribution is -2.11. The predicted octanol–water partition coefficient (Wildman–Crippen LogP) is 3.63. The number of halogens is 1. The van der Waals surface area contributed by atoms with Crippen molar-refractivity contribution in [3.63, 3.8) is 0 Å². The Morgan fingerprint density at radius 3 is 2.88 bits per heavy atom. The highest BCUT2D eigenvalue weighted by molar-refractivity contribution is 9.10. The number of ether oxygens (including phenoxy) is 1. The van der Waals surface area contributed by atoms with Gasteiger partial charge in [-0.2, -0.15) is 0 Å². The minimum atomic E-state index is -0.0356. The van der Waals surface area contributed by atoms with Crippen molar-refractivity contribution >= 4 is 21.7 Å². The number of benzene rings is 1. The van der Waals surface area contributed by atoms with Crippen LogP contribution in [-0.4, -0.2) is 12.4 Å². The maximum absolute atomic E-state index is 12.1. The van der Waals surface area contributed by atoms with Crippen LogP contribution < -0.4 is 0 Å². The fraction of sp³-hybridized carbons (Fsp3) is 0.308. The van der Waals surface area contributed by atoms with Gasteiger partial charge in [0.2, 0.25) is 5.78 Å². The van der Waals surface area contributed by atoms with Gasteiger partial charge in [-0.1, -0.05) is 22.0 Å². The van der Waals surface area contributed by atoms with Crippen molar-refractivity contribution in [3.8, 4) is 0 Å².